The maximum atomic E-state index is 14.5. The summed E-state index contributed by atoms with van der Waals surface area (Å²) in [5.41, 5.74) is 3.41. The minimum absolute atomic E-state index is 0.0280. The molecule has 0 bridgehead atoms. The van der Waals surface area contributed by atoms with Gasteiger partial charge in [0.05, 0.1) is 0 Å². The molecular weight excluding hydrogens is 492 g/mol. The van der Waals surface area contributed by atoms with Crippen molar-refractivity contribution in [1.29, 1.82) is 0 Å². The van der Waals surface area contributed by atoms with Crippen molar-refractivity contribution < 1.29 is 14.4 Å². The Labute approximate surface area is 245 Å². The maximum Gasteiger partial charge on any atom is 0.155 e. The first-order valence-corrected chi connectivity index (χ1v) is 15.2. The number of carbonyl (C=O) groups excluding carboxylic acids is 3. The van der Waals surface area contributed by atoms with E-state index in [1.165, 1.54) is 16.7 Å². The molecule has 2 rings (SSSR count). The van der Waals surface area contributed by atoms with Crippen LogP contribution in [0.15, 0.2) is 42.0 Å². The number of carbonyl (C=O) groups is 3. The Balaban J connectivity index is 2.51. The van der Waals surface area contributed by atoms with Gasteiger partial charge in [0.1, 0.15) is 11.6 Å². The van der Waals surface area contributed by atoms with Gasteiger partial charge in [-0.1, -0.05) is 120 Å². The Hall–Kier alpha value is -2.29. The number of hydrogen-bond donors (Lipinski definition) is 0. The van der Waals surface area contributed by atoms with Crippen molar-refractivity contribution in [2.75, 3.05) is 0 Å². The molecule has 0 aliphatic heterocycles. The van der Waals surface area contributed by atoms with Crippen molar-refractivity contribution >= 4 is 22.9 Å². The zero-order chi connectivity index (χ0) is 31.0. The molecule has 0 amide bonds. The normalized spacial score (nSPS) is 19.5. The van der Waals surface area contributed by atoms with Gasteiger partial charge in [-0.2, -0.15) is 0 Å². The number of hydrogen-bond acceptors (Lipinski definition) is 3. The fourth-order valence-electron chi connectivity index (χ4n) is 7.23. The summed E-state index contributed by atoms with van der Waals surface area (Å²) in [5, 5.41) is 0. The summed E-state index contributed by atoms with van der Waals surface area (Å²) in [6.45, 7) is 28.9. The second-order valence-electron chi connectivity index (χ2n) is 15.5. The van der Waals surface area contributed by atoms with Crippen LogP contribution in [0.2, 0.25) is 0 Å². The minimum atomic E-state index is -0.410. The van der Waals surface area contributed by atoms with Crippen LogP contribution in [0.4, 0.5) is 0 Å². The highest BCUT2D eigenvalue weighted by Gasteiger charge is 2.48. The highest BCUT2D eigenvalue weighted by atomic mass is 16.1. The Morgan fingerprint density at radius 2 is 1.43 bits per heavy atom. The van der Waals surface area contributed by atoms with Crippen LogP contribution in [-0.2, 0) is 14.4 Å². The number of Topliss-reactive ketones (excluding diaryl/α,β-unsaturated/α-hetero) is 3. The predicted molar refractivity (Wildman–Crippen MR) is 169 cm³/mol. The van der Waals surface area contributed by atoms with E-state index in [1.54, 1.807) is 6.92 Å². The predicted octanol–water partition coefficient (Wildman–Crippen LogP) is 9.51. The molecule has 3 nitrogen and oxygen atoms in total. The molecule has 0 saturated carbocycles. The zero-order valence-electron chi connectivity index (χ0n) is 27.9. The van der Waals surface area contributed by atoms with E-state index < -0.39 is 11.3 Å². The Morgan fingerprint density at radius 1 is 0.875 bits per heavy atom. The first kappa shape index (κ1) is 33.9. The standard InChI is InChI=1S/C37H56O3/c1-22(2)29(19-23(3)26(6)38)25(5)33(40)31(35(7,8)9)21-32(39)34(36(10,11)12)37(13,14)30-20-24(4)27-17-15-16-18-28(27)30/h15-20,22,24-25,29,31,34H,21H2,1-14H3/b23-19+. The monoisotopic (exact) mass is 548 g/mol. The van der Waals surface area contributed by atoms with Gasteiger partial charge in [0.25, 0.3) is 0 Å². The third-order valence-electron chi connectivity index (χ3n) is 9.35. The van der Waals surface area contributed by atoms with E-state index in [2.05, 4.69) is 107 Å². The molecule has 3 heteroatoms. The molecule has 0 fully saturated rings. The fraction of sp³-hybridized carbons (Fsp3) is 0.649. The highest BCUT2D eigenvalue weighted by Crippen LogP contribution is 2.54. The Morgan fingerprint density at radius 3 is 1.90 bits per heavy atom. The fourth-order valence-corrected chi connectivity index (χ4v) is 7.23. The molecule has 5 unspecified atom stereocenters. The van der Waals surface area contributed by atoms with Gasteiger partial charge in [0, 0.05) is 35.5 Å². The van der Waals surface area contributed by atoms with E-state index in [-0.39, 0.29) is 58.3 Å². The molecule has 1 aromatic rings. The summed E-state index contributed by atoms with van der Waals surface area (Å²) in [4.78, 5) is 40.7. The molecular formula is C37H56O3. The third-order valence-corrected chi connectivity index (χ3v) is 9.35. The van der Waals surface area contributed by atoms with Crippen LogP contribution in [-0.4, -0.2) is 17.3 Å². The average molecular weight is 549 g/mol. The topological polar surface area (TPSA) is 51.2 Å². The molecule has 0 aromatic heterocycles. The zero-order valence-corrected chi connectivity index (χ0v) is 27.9. The van der Waals surface area contributed by atoms with Crippen LogP contribution < -0.4 is 0 Å². The molecule has 1 aromatic carbocycles. The smallest absolute Gasteiger partial charge is 0.155 e. The van der Waals surface area contributed by atoms with Crippen molar-refractivity contribution in [3.63, 3.8) is 0 Å². The third kappa shape index (κ3) is 7.31. The number of ketones is 3. The van der Waals surface area contributed by atoms with Crippen LogP contribution in [0, 0.1) is 45.8 Å². The summed E-state index contributed by atoms with van der Waals surface area (Å²) in [5.74, 6) is -0.215. The largest absolute Gasteiger partial charge is 0.299 e. The summed E-state index contributed by atoms with van der Waals surface area (Å²) in [6, 6.07) is 8.54. The van der Waals surface area contributed by atoms with Crippen molar-refractivity contribution in [3.8, 4) is 0 Å². The van der Waals surface area contributed by atoms with Crippen molar-refractivity contribution in [1.82, 2.24) is 0 Å². The van der Waals surface area contributed by atoms with Gasteiger partial charge < -0.3 is 0 Å². The van der Waals surface area contributed by atoms with Crippen LogP contribution in [0.3, 0.4) is 0 Å². The second-order valence-corrected chi connectivity index (χ2v) is 15.5. The minimum Gasteiger partial charge on any atom is -0.299 e. The van der Waals surface area contributed by atoms with Gasteiger partial charge in [-0.25, -0.2) is 0 Å². The second kappa shape index (κ2) is 12.3. The molecule has 40 heavy (non-hydrogen) atoms. The van der Waals surface area contributed by atoms with Gasteiger partial charge >= 0.3 is 0 Å². The lowest BCUT2D eigenvalue weighted by Crippen LogP contribution is -2.44. The lowest BCUT2D eigenvalue weighted by atomic mass is 9.58. The summed E-state index contributed by atoms with van der Waals surface area (Å²) < 4.78 is 0. The van der Waals surface area contributed by atoms with Gasteiger partial charge in [0.15, 0.2) is 5.78 Å². The molecule has 0 saturated heterocycles. The van der Waals surface area contributed by atoms with Gasteiger partial charge in [-0.15, -0.1) is 0 Å². The van der Waals surface area contributed by atoms with Crippen LogP contribution in [0.5, 0.6) is 0 Å². The van der Waals surface area contributed by atoms with E-state index in [0.29, 0.717) is 11.5 Å². The molecule has 222 valence electrons. The Kier molecular flexibility index (Phi) is 10.4. The molecule has 0 spiro atoms. The lowest BCUT2D eigenvalue weighted by Gasteiger charge is -2.44. The van der Waals surface area contributed by atoms with Gasteiger partial charge in [-0.3, -0.25) is 14.4 Å². The van der Waals surface area contributed by atoms with E-state index in [0.717, 1.165) is 0 Å². The summed E-state index contributed by atoms with van der Waals surface area (Å²) in [6.07, 6.45) is 4.54. The highest BCUT2D eigenvalue weighted by molar-refractivity contribution is 5.94. The molecule has 5 atom stereocenters. The first-order chi connectivity index (χ1) is 18.1. The molecule has 1 aliphatic rings. The van der Waals surface area contributed by atoms with Crippen LogP contribution in [0.1, 0.15) is 120 Å². The van der Waals surface area contributed by atoms with E-state index in [4.69, 9.17) is 0 Å². The molecule has 1 aliphatic carbocycles. The van der Waals surface area contributed by atoms with E-state index >= 15 is 0 Å². The first-order valence-electron chi connectivity index (χ1n) is 15.2. The number of rotatable bonds is 11. The molecule has 0 N–H and O–H groups in total. The summed E-state index contributed by atoms with van der Waals surface area (Å²) >= 11 is 0. The maximum absolute atomic E-state index is 14.5. The number of allylic oxidation sites excluding steroid dienone is 4. The van der Waals surface area contributed by atoms with Gasteiger partial charge in [-0.05, 0) is 58.8 Å². The van der Waals surface area contributed by atoms with E-state index in [9.17, 15) is 14.4 Å². The van der Waals surface area contributed by atoms with Crippen molar-refractivity contribution in [2.45, 2.75) is 109 Å². The average Bonchev–Trinajstić information content (AvgIpc) is 3.15. The molecule has 0 radical (unpaired) electrons. The quantitative estimate of drug-likeness (QED) is 0.259. The van der Waals surface area contributed by atoms with Crippen molar-refractivity contribution in [3.05, 3.63) is 53.1 Å². The lowest BCUT2D eigenvalue weighted by molar-refractivity contribution is -0.139. The SMILES string of the molecule is CC(=O)/C(C)=C/C(C(C)C)C(C)C(=O)C(CC(=O)C(C(C)(C)C)C(C)(C)C1=CC(C)c2ccccc21)C(C)(C)C. The van der Waals surface area contributed by atoms with Crippen LogP contribution >= 0.6 is 0 Å². The van der Waals surface area contributed by atoms with Gasteiger partial charge in [0.2, 0.25) is 0 Å². The van der Waals surface area contributed by atoms with E-state index in [1.807, 2.05) is 19.9 Å². The number of fused-ring (bicyclic) bond motifs is 1. The summed E-state index contributed by atoms with van der Waals surface area (Å²) in [7, 11) is 0. The van der Waals surface area contributed by atoms with Crippen molar-refractivity contribution in [2.24, 2.45) is 45.8 Å². The molecule has 0 heterocycles. The van der Waals surface area contributed by atoms with Crippen LogP contribution in [0.25, 0.3) is 5.57 Å². The number of benzene rings is 1. The Bertz CT molecular complexity index is 1160.